The predicted molar refractivity (Wildman–Crippen MR) is 112 cm³/mol. The van der Waals surface area contributed by atoms with Crippen molar-refractivity contribution in [3.63, 3.8) is 0 Å². The molecule has 0 aliphatic heterocycles. The second-order valence-corrected chi connectivity index (χ2v) is 6.10. The van der Waals surface area contributed by atoms with Gasteiger partial charge >= 0.3 is 11.9 Å². The molecule has 0 atom stereocenters. The normalized spacial score (nSPS) is 9.97. The molecule has 0 unspecified atom stereocenters. The standard InChI is InChI=1S/C24H19NO4/c1-4-17-5-11-20(12-6-17)25(21-13-7-18(8-14-21)23(26)28-2)22-15-9-19(10-16-22)24(27)29-3/h1,5-16H,2-3H3. The first-order chi connectivity index (χ1) is 14.1. The molecule has 0 saturated carbocycles. The Kier molecular flexibility index (Phi) is 5.96. The lowest BCUT2D eigenvalue weighted by atomic mass is 10.1. The molecular weight excluding hydrogens is 366 g/mol. The van der Waals surface area contributed by atoms with Crippen LogP contribution in [0.15, 0.2) is 72.8 Å². The molecule has 5 nitrogen and oxygen atoms in total. The van der Waals surface area contributed by atoms with E-state index in [9.17, 15) is 9.59 Å². The van der Waals surface area contributed by atoms with Gasteiger partial charge in [0.05, 0.1) is 25.3 Å². The molecule has 0 spiro atoms. The second-order valence-electron chi connectivity index (χ2n) is 6.10. The molecular formula is C24H19NO4. The van der Waals surface area contributed by atoms with Gasteiger partial charge in [0, 0.05) is 22.6 Å². The number of carbonyl (C=O) groups excluding carboxylic acids is 2. The van der Waals surface area contributed by atoms with Crippen LogP contribution in [0.3, 0.4) is 0 Å². The number of terminal acetylenes is 1. The van der Waals surface area contributed by atoms with Crippen LogP contribution in [0.1, 0.15) is 26.3 Å². The summed E-state index contributed by atoms with van der Waals surface area (Å²) in [5, 5.41) is 0. The van der Waals surface area contributed by atoms with Gasteiger partial charge in [-0.25, -0.2) is 9.59 Å². The molecule has 0 N–H and O–H groups in total. The van der Waals surface area contributed by atoms with Gasteiger partial charge in [-0.15, -0.1) is 6.42 Å². The number of benzene rings is 3. The number of methoxy groups -OCH3 is 2. The summed E-state index contributed by atoms with van der Waals surface area (Å²) in [6.07, 6.45) is 5.46. The molecule has 5 heteroatoms. The number of carbonyl (C=O) groups is 2. The molecule has 3 aromatic carbocycles. The lowest BCUT2D eigenvalue weighted by Gasteiger charge is -2.25. The molecule has 0 heterocycles. The van der Waals surface area contributed by atoms with Crippen molar-refractivity contribution in [1.82, 2.24) is 0 Å². The maximum Gasteiger partial charge on any atom is 0.337 e. The molecule has 3 rings (SSSR count). The average molecular weight is 385 g/mol. The van der Waals surface area contributed by atoms with Crippen LogP contribution in [0.2, 0.25) is 0 Å². The highest BCUT2D eigenvalue weighted by Gasteiger charge is 2.15. The van der Waals surface area contributed by atoms with E-state index >= 15 is 0 Å². The molecule has 0 aromatic heterocycles. The van der Waals surface area contributed by atoms with Gasteiger partial charge in [0.25, 0.3) is 0 Å². The van der Waals surface area contributed by atoms with Crippen LogP contribution in [-0.2, 0) is 9.47 Å². The number of hydrogen-bond acceptors (Lipinski definition) is 5. The molecule has 0 radical (unpaired) electrons. The number of esters is 2. The SMILES string of the molecule is C#Cc1ccc(N(c2ccc(C(=O)OC)cc2)c2ccc(C(=O)OC)cc2)cc1. The Morgan fingerprint density at radius 3 is 1.34 bits per heavy atom. The summed E-state index contributed by atoms with van der Waals surface area (Å²) in [5.74, 6) is 1.81. The van der Waals surface area contributed by atoms with Gasteiger partial charge in [-0.3, -0.25) is 0 Å². The summed E-state index contributed by atoms with van der Waals surface area (Å²) in [7, 11) is 2.69. The first-order valence-electron chi connectivity index (χ1n) is 8.81. The van der Waals surface area contributed by atoms with Crippen LogP contribution >= 0.6 is 0 Å². The summed E-state index contributed by atoms with van der Waals surface area (Å²) >= 11 is 0. The lowest BCUT2D eigenvalue weighted by Crippen LogP contribution is -2.11. The van der Waals surface area contributed by atoms with Crippen LogP contribution in [0.25, 0.3) is 0 Å². The molecule has 29 heavy (non-hydrogen) atoms. The van der Waals surface area contributed by atoms with E-state index in [1.54, 1.807) is 24.3 Å². The van der Waals surface area contributed by atoms with Crippen LogP contribution in [0, 0.1) is 12.3 Å². The van der Waals surface area contributed by atoms with E-state index in [1.807, 2.05) is 53.4 Å². The van der Waals surface area contributed by atoms with Crippen molar-refractivity contribution in [3.05, 3.63) is 89.5 Å². The van der Waals surface area contributed by atoms with Crippen molar-refractivity contribution in [2.24, 2.45) is 0 Å². The summed E-state index contributed by atoms with van der Waals surface area (Å²) in [6, 6.07) is 21.7. The minimum atomic E-state index is -0.399. The molecule has 144 valence electrons. The number of ether oxygens (including phenoxy) is 2. The van der Waals surface area contributed by atoms with E-state index in [1.165, 1.54) is 14.2 Å². The van der Waals surface area contributed by atoms with Gasteiger partial charge in [-0.2, -0.15) is 0 Å². The first-order valence-corrected chi connectivity index (χ1v) is 8.81. The van der Waals surface area contributed by atoms with E-state index in [0.717, 1.165) is 22.6 Å². The van der Waals surface area contributed by atoms with Gasteiger partial charge in [-0.1, -0.05) is 5.92 Å². The van der Waals surface area contributed by atoms with Gasteiger partial charge < -0.3 is 14.4 Å². The highest BCUT2D eigenvalue weighted by molar-refractivity contribution is 5.91. The number of anilines is 3. The van der Waals surface area contributed by atoms with Gasteiger partial charge in [0.1, 0.15) is 0 Å². The lowest BCUT2D eigenvalue weighted by molar-refractivity contribution is 0.0592. The van der Waals surface area contributed by atoms with E-state index in [-0.39, 0.29) is 0 Å². The Hall–Kier alpha value is -4.04. The van der Waals surface area contributed by atoms with E-state index in [2.05, 4.69) is 5.92 Å². The fraction of sp³-hybridized carbons (Fsp3) is 0.0833. The molecule has 0 fully saturated rings. The highest BCUT2D eigenvalue weighted by Crippen LogP contribution is 2.34. The third-order valence-electron chi connectivity index (χ3n) is 4.39. The zero-order valence-corrected chi connectivity index (χ0v) is 16.1. The first kappa shape index (κ1) is 19.7. The number of hydrogen-bond donors (Lipinski definition) is 0. The summed E-state index contributed by atoms with van der Waals surface area (Å²) in [4.78, 5) is 25.5. The molecule has 0 aliphatic rings. The fourth-order valence-electron chi connectivity index (χ4n) is 2.88. The predicted octanol–water partition coefficient (Wildman–Crippen LogP) is 4.71. The third kappa shape index (κ3) is 4.28. The molecule has 0 aliphatic carbocycles. The third-order valence-corrected chi connectivity index (χ3v) is 4.39. The van der Waals surface area contributed by atoms with Gasteiger partial charge in [0.15, 0.2) is 0 Å². The monoisotopic (exact) mass is 385 g/mol. The summed E-state index contributed by atoms with van der Waals surface area (Å²) in [6.45, 7) is 0. The van der Waals surface area contributed by atoms with Crippen molar-refractivity contribution in [2.75, 3.05) is 19.1 Å². The average Bonchev–Trinajstić information content (AvgIpc) is 2.79. The van der Waals surface area contributed by atoms with Crippen molar-refractivity contribution in [2.45, 2.75) is 0 Å². The maximum absolute atomic E-state index is 11.7. The van der Waals surface area contributed by atoms with Crippen molar-refractivity contribution < 1.29 is 19.1 Å². The second kappa shape index (κ2) is 8.77. The van der Waals surface area contributed by atoms with Crippen molar-refractivity contribution >= 4 is 29.0 Å². The fourth-order valence-corrected chi connectivity index (χ4v) is 2.88. The minimum absolute atomic E-state index is 0.399. The maximum atomic E-state index is 11.7. The Morgan fingerprint density at radius 2 is 1.03 bits per heavy atom. The van der Waals surface area contributed by atoms with Crippen molar-refractivity contribution in [1.29, 1.82) is 0 Å². The van der Waals surface area contributed by atoms with E-state index < -0.39 is 11.9 Å². The summed E-state index contributed by atoms with van der Waals surface area (Å²) in [5.41, 5.74) is 4.23. The largest absolute Gasteiger partial charge is 0.465 e. The zero-order chi connectivity index (χ0) is 20.8. The topological polar surface area (TPSA) is 55.8 Å². The van der Waals surface area contributed by atoms with Gasteiger partial charge in [-0.05, 0) is 72.8 Å². The quantitative estimate of drug-likeness (QED) is 0.470. The number of nitrogens with zero attached hydrogens (tertiary/aromatic N) is 1. The Morgan fingerprint density at radius 1 is 0.690 bits per heavy atom. The molecule has 0 bridgehead atoms. The van der Waals surface area contributed by atoms with Crippen molar-refractivity contribution in [3.8, 4) is 12.3 Å². The van der Waals surface area contributed by atoms with E-state index in [4.69, 9.17) is 15.9 Å². The molecule has 3 aromatic rings. The summed E-state index contributed by atoms with van der Waals surface area (Å²) < 4.78 is 9.53. The Bertz CT molecular complexity index is 987. The Balaban J connectivity index is 2.05. The zero-order valence-electron chi connectivity index (χ0n) is 16.1. The van der Waals surface area contributed by atoms with Crippen LogP contribution in [0.5, 0.6) is 0 Å². The van der Waals surface area contributed by atoms with Crippen LogP contribution in [-0.4, -0.2) is 26.2 Å². The van der Waals surface area contributed by atoms with Crippen LogP contribution < -0.4 is 4.90 Å². The highest BCUT2D eigenvalue weighted by atomic mass is 16.5. The minimum Gasteiger partial charge on any atom is -0.465 e. The van der Waals surface area contributed by atoms with E-state index in [0.29, 0.717) is 11.1 Å². The Labute approximate surface area is 169 Å². The van der Waals surface area contributed by atoms with Crippen LogP contribution in [0.4, 0.5) is 17.1 Å². The van der Waals surface area contributed by atoms with Gasteiger partial charge in [0.2, 0.25) is 0 Å². The molecule has 0 amide bonds. The number of rotatable bonds is 5. The smallest absolute Gasteiger partial charge is 0.337 e. The molecule has 0 saturated heterocycles.